The molecule has 0 rings (SSSR count). The normalized spacial score (nSPS) is 13.2. The summed E-state index contributed by atoms with van der Waals surface area (Å²) in [6.07, 6.45) is 1.06. The number of unbranched alkanes of at least 4 members (excludes halogenated alkanes) is 1. The molecule has 12 heavy (non-hydrogen) atoms. The van der Waals surface area contributed by atoms with Gasteiger partial charge in [-0.3, -0.25) is 5.32 Å². The molecule has 0 aliphatic rings. The summed E-state index contributed by atoms with van der Waals surface area (Å²) >= 11 is 0. The fraction of sp³-hybridized carbons (Fsp3) is 1.00. The number of hydrogen-bond donors (Lipinski definition) is 2. The fourth-order valence-corrected chi connectivity index (χ4v) is 0.777. The third-order valence-corrected chi connectivity index (χ3v) is 1.40. The summed E-state index contributed by atoms with van der Waals surface area (Å²) in [5, 5.41) is 11.8. The van der Waals surface area contributed by atoms with Crippen LogP contribution in [-0.2, 0) is 9.47 Å². The number of rotatable bonds is 8. The Morgan fingerprint density at radius 3 is 2.58 bits per heavy atom. The van der Waals surface area contributed by atoms with E-state index in [1.54, 1.807) is 7.11 Å². The quantitative estimate of drug-likeness (QED) is 0.414. The first kappa shape index (κ1) is 11.8. The Balaban J connectivity index is 2.97. The molecule has 0 bridgehead atoms. The van der Waals surface area contributed by atoms with Crippen LogP contribution >= 0.6 is 0 Å². The van der Waals surface area contributed by atoms with Gasteiger partial charge in [0.15, 0.2) is 0 Å². The van der Waals surface area contributed by atoms with Crippen molar-refractivity contribution in [3.8, 4) is 0 Å². The summed E-state index contributed by atoms with van der Waals surface area (Å²) in [7, 11) is 1.67. The Bertz CT molecular complexity index is 90.4. The molecule has 0 radical (unpaired) electrons. The highest BCUT2D eigenvalue weighted by atomic mass is 16.6. The molecule has 74 valence electrons. The highest BCUT2D eigenvalue weighted by Crippen LogP contribution is 1.91. The first-order valence-electron chi connectivity index (χ1n) is 4.33. The van der Waals surface area contributed by atoms with Crippen molar-refractivity contribution in [1.82, 2.24) is 5.32 Å². The van der Waals surface area contributed by atoms with Crippen LogP contribution < -0.4 is 5.32 Å². The van der Waals surface area contributed by atoms with E-state index in [-0.39, 0.29) is 0 Å². The van der Waals surface area contributed by atoms with Crippen LogP contribution in [0.4, 0.5) is 0 Å². The molecule has 0 saturated heterocycles. The molecular formula is C8H19NO3. The van der Waals surface area contributed by atoms with Crippen LogP contribution in [0.15, 0.2) is 0 Å². The van der Waals surface area contributed by atoms with Gasteiger partial charge in [-0.1, -0.05) is 6.92 Å². The third-order valence-electron chi connectivity index (χ3n) is 1.40. The number of aliphatic hydroxyl groups excluding tert-OH is 1. The van der Waals surface area contributed by atoms with Crippen LogP contribution in [0.5, 0.6) is 0 Å². The van der Waals surface area contributed by atoms with E-state index >= 15 is 0 Å². The van der Waals surface area contributed by atoms with E-state index in [0.717, 1.165) is 19.4 Å². The zero-order valence-electron chi connectivity index (χ0n) is 7.88. The lowest BCUT2D eigenvalue weighted by Gasteiger charge is -2.11. The Hall–Kier alpha value is -0.160. The van der Waals surface area contributed by atoms with Gasteiger partial charge in [0.05, 0.1) is 6.61 Å². The van der Waals surface area contributed by atoms with Gasteiger partial charge < -0.3 is 14.6 Å². The molecule has 1 unspecified atom stereocenters. The Kier molecular flexibility index (Phi) is 8.81. The smallest absolute Gasteiger partial charge is 0.213 e. The zero-order valence-corrected chi connectivity index (χ0v) is 7.88. The van der Waals surface area contributed by atoms with Crippen molar-refractivity contribution in [2.24, 2.45) is 0 Å². The minimum absolute atomic E-state index is 0.567. The molecule has 4 nitrogen and oxygen atoms in total. The molecule has 4 heteroatoms. The monoisotopic (exact) mass is 177 g/mol. The van der Waals surface area contributed by atoms with E-state index in [1.165, 1.54) is 0 Å². The van der Waals surface area contributed by atoms with Gasteiger partial charge in [-0.05, 0) is 19.4 Å². The molecule has 0 fully saturated rings. The molecule has 0 aliphatic carbocycles. The van der Waals surface area contributed by atoms with Crippen molar-refractivity contribution in [1.29, 1.82) is 0 Å². The van der Waals surface area contributed by atoms with Crippen molar-refractivity contribution in [2.75, 3.05) is 26.9 Å². The van der Waals surface area contributed by atoms with Gasteiger partial charge in [0, 0.05) is 13.7 Å². The number of hydrogen-bond acceptors (Lipinski definition) is 4. The predicted octanol–water partition coefficient (Wildman–Crippen LogP) is 0.315. The topological polar surface area (TPSA) is 50.7 Å². The van der Waals surface area contributed by atoms with Crippen LogP contribution in [0, 0.1) is 0 Å². The van der Waals surface area contributed by atoms with Crippen LogP contribution in [0.25, 0.3) is 0 Å². The van der Waals surface area contributed by atoms with Crippen molar-refractivity contribution >= 4 is 0 Å². The highest BCUT2D eigenvalue weighted by Gasteiger charge is 1.99. The molecule has 0 amide bonds. The van der Waals surface area contributed by atoms with Crippen molar-refractivity contribution < 1.29 is 14.6 Å². The second kappa shape index (κ2) is 8.93. The summed E-state index contributed by atoms with van der Waals surface area (Å²) in [6, 6.07) is 0. The van der Waals surface area contributed by atoms with Gasteiger partial charge in [0.25, 0.3) is 0 Å². The van der Waals surface area contributed by atoms with Crippen LogP contribution in [0.3, 0.4) is 0 Å². The van der Waals surface area contributed by atoms with E-state index in [4.69, 9.17) is 14.6 Å². The molecule has 0 aliphatic heterocycles. The van der Waals surface area contributed by atoms with E-state index in [0.29, 0.717) is 13.2 Å². The molecule has 0 aromatic carbocycles. The predicted molar refractivity (Wildman–Crippen MR) is 46.7 cm³/mol. The van der Waals surface area contributed by atoms with Gasteiger partial charge in [-0.25, -0.2) is 0 Å². The summed E-state index contributed by atoms with van der Waals surface area (Å²) in [6.45, 7) is 3.94. The van der Waals surface area contributed by atoms with E-state index < -0.39 is 6.41 Å². The zero-order chi connectivity index (χ0) is 9.23. The van der Waals surface area contributed by atoms with Crippen molar-refractivity contribution in [3.63, 3.8) is 0 Å². The highest BCUT2D eigenvalue weighted by molar-refractivity contribution is 4.39. The first-order chi connectivity index (χ1) is 5.81. The maximum absolute atomic E-state index is 9.04. The summed E-state index contributed by atoms with van der Waals surface area (Å²) in [5.74, 6) is 0. The standard InChI is InChI=1S/C8H19NO3/c1-3-9-8(10)12-7-5-4-6-11-2/h8-10H,3-7H2,1-2H3. The van der Waals surface area contributed by atoms with E-state index in [1.807, 2.05) is 6.92 Å². The molecule has 0 saturated carbocycles. The Labute approximate surface area is 73.9 Å². The first-order valence-corrected chi connectivity index (χ1v) is 4.33. The Morgan fingerprint density at radius 2 is 2.00 bits per heavy atom. The molecule has 0 heterocycles. The van der Waals surface area contributed by atoms with E-state index in [2.05, 4.69) is 5.32 Å². The molecule has 0 aromatic rings. The summed E-state index contributed by atoms with van der Waals surface area (Å²) in [4.78, 5) is 0. The average Bonchev–Trinajstić information content (AvgIpc) is 2.05. The van der Waals surface area contributed by atoms with Crippen LogP contribution in [-0.4, -0.2) is 38.4 Å². The lowest BCUT2D eigenvalue weighted by atomic mass is 10.3. The number of methoxy groups -OCH3 is 1. The van der Waals surface area contributed by atoms with Gasteiger partial charge in [-0.15, -0.1) is 0 Å². The van der Waals surface area contributed by atoms with Gasteiger partial charge >= 0.3 is 0 Å². The molecule has 0 aromatic heterocycles. The minimum Gasteiger partial charge on any atom is -0.385 e. The summed E-state index contributed by atoms with van der Waals surface area (Å²) in [5.41, 5.74) is 0. The second-order valence-electron chi connectivity index (χ2n) is 2.48. The van der Waals surface area contributed by atoms with Gasteiger partial charge in [0.1, 0.15) is 0 Å². The lowest BCUT2D eigenvalue weighted by Crippen LogP contribution is -2.31. The maximum Gasteiger partial charge on any atom is 0.213 e. The lowest BCUT2D eigenvalue weighted by molar-refractivity contribution is -0.120. The van der Waals surface area contributed by atoms with Crippen molar-refractivity contribution in [3.05, 3.63) is 0 Å². The SMILES string of the molecule is CCNC(O)OCCCCOC. The maximum atomic E-state index is 9.04. The average molecular weight is 177 g/mol. The van der Waals surface area contributed by atoms with Gasteiger partial charge in [-0.2, -0.15) is 0 Å². The molecule has 2 N–H and O–H groups in total. The largest absolute Gasteiger partial charge is 0.385 e. The molecule has 1 atom stereocenters. The number of ether oxygens (including phenoxy) is 2. The van der Waals surface area contributed by atoms with E-state index in [9.17, 15) is 0 Å². The third kappa shape index (κ3) is 7.94. The van der Waals surface area contributed by atoms with Crippen LogP contribution in [0.1, 0.15) is 19.8 Å². The minimum atomic E-state index is -0.822. The number of nitrogens with one attached hydrogen (secondary N) is 1. The number of aliphatic hydroxyl groups is 1. The molecule has 0 spiro atoms. The second-order valence-corrected chi connectivity index (χ2v) is 2.48. The van der Waals surface area contributed by atoms with Crippen molar-refractivity contribution in [2.45, 2.75) is 26.2 Å². The molecular weight excluding hydrogens is 158 g/mol. The van der Waals surface area contributed by atoms with Crippen LogP contribution in [0.2, 0.25) is 0 Å². The fourth-order valence-electron chi connectivity index (χ4n) is 0.777. The Morgan fingerprint density at radius 1 is 1.33 bits per heavy atom. The summed E-state index contributed by atoms with van der Waals surface area (Å²) < 4.78 is 9.88. The van der Waals surface area contributed by atoms with Gasteiger partial charge in [0.2, 0.25) is 6.41 Å².